The SMILES string of the molecule is Cc1ccc([N+](=O)[O-])c(OCC(C)(C#N)NC(C)C)c1. The number of aryl methyl sites for hydroxylation is 1. The van der Waals surface area contributed by atoms with Gasteiger partial charge in [-0.3, -0.25) is 15.4 Å². The van der Waals surface area contributed by atoms with Crippen molar-refractivity contribution in [3.8, 4) is 11.8 Å². The zero-order valence-corrected chi connectivity index (χ0v) is 12.1. The first-order valence-corrected chi connectivity index (χ1v) is 6.34. The van der Waals surface area contributed by atoms with E-state index in [0.717, 1.165) is 5.56 Å². The van der Waals surface area contributed by atoms with E-state index in [0.29, 0.717) is 0 Å². The van der Waals surface area contributed by atoms with E-state index in [9.17, 15) is 15.4 Å². The van der Waals surface area contributed by atoms with E-state index in [4.69, 9.17) is 4.74 Å². The maximum atomic E-state index is 10.9. The highest BCUT2D eigenvalue weighted by Crippen LogP contribution is 2.28. The molecule has 0 saturated heterocycles. The number of nitriles is 1. The predicted octanol–water partition coefficient (Wildman–Crippen LogP) is 2.56. The number of nitrogens with one attached hydrogen (secondary N) is 1. The molecule has 1 aromatic rings. The van der Waals surface area contributed by atoms with Gasteiger partial charge >= 0.3 is 5.69 Å². The minimum Gasteiger partial charge on any atom is -0.484 e. The molecular formula is C14H19N3O3. The topological polar surface area (TPSA) is 88.2 Å². The van der Waals surface area contributed by atoms with Gasteiger partial charge in [-0.15, -0.1) is 0 Å². The second-order valence-electron chi connectivity index (χ2n) is 5.26. The van der Waals surface area contributed by atoms with Gasteiger partial charge < -0.3 is 4.74 Å². The molecule has 108 valence electrons. The van der Waals surface area contributed by atoms with Crippen LogP contribution in [0.3, 0.4) is 0 Å². The fraction of sp³-hybridized carbons (Fsp3) is 0.500. The van der Waals surface area contributed by atoms with Crippen molar-refractivity contribution in [2.24, 2.45) is 0 Å². The number of benzene rings is 1. The predicted molar refractivity (Wildman–Crippen MR) is 75.6 cm³/mol. The molecular weight excluding hydrogens is 258 g/mol. The minimum absolute atomic E-state index is 0.0337. The standard InChI is InChI=1S/C14H19N3O3/c1-10(2)16-14(4,8-15)9-20-13-7-11(3)5-6-12(13)17(18)19/h5-7,10,16H,9H2,1-4H3. The van der Waals surface area contributed by atoms with Crippen LogP contribution in [-0.2, 0) is 0 Å². The van der Waals surface area contributed by atoms with Gasteiger partial charge in [-0.1, -0.05) is 6.07 Å². The summed E-state index contributed by atoms with van der Waals surface area (Å²) in [6, 6.07) is 6.91. The van der Waals surface area contributed by atoms with Gasteiger partial charge in [0.15, 0.2) is 5.75 Å². The Morgan fingerprint density at radius 2 is 2.20 bits per heavy atom. The van der Waals surface area contributed by atoms with Gasteiger partial charge in [0, 0.05) is 12.1 Å². The van der Waals surface area contributed by atoms with Gasteiger partial charge in [0.25, 0.3) is 0 Å². The highest BCUT2D eigenvalue weighted by atomic mass is 16.6. The number of nitro benzene ring substituents is 1. The van der Waals surface area contributed by atoms with Crippen LogP contribution in [-0.4, -0.2) is 23.1 Å². The van der Waals surface area contributed by atoms with E-state index in [2.05, 4.69) is 11.4 Å². The van der Waals surface area contributed by atoms with E-state index < -0.39 is 10.5 Å². The van der Waals surface area contributed by atoms with Crippen molar-refractivity contribution in [2.45, 2.75) is 39.3 Å². The maximum absolute atomic E-state index is 10.9. The van der Waals surface area contributed by atoms with Crippen LogP contribution in [0.25, 0.3) is 0 Å². The van der Waals surface area contributed by atoms with E-state index in [1.165, 1.54) is 6.07 Å². The summed E-state index contributed by atoms with van der Waals surface area (Å²) in [5, 5.41) is 23.3. The molecule has 0 heterocycles. The number of hydrogen-bond acceptors (Lipinski definition) is 5. The summed E-state index contributed by atoms with van der Waals surface area (Å²) in [5.41, 5.74) is -0.132. The second-order valence-corrected chi connectivity index (χ2v) is 5.26. The largest absolute Gasteiger partial charge is 0.484 e. The first-order chi connectivity index (χ1) is 9.27. The molecule has 0 amide bonds. The third kappa shape index (κ3) is 4.21. The summed E-state index contributed by atoms with van der Waals surface area (Å²) >= 11 is 0. The Bertz CT molecular complexity index is 537. The van der Waals surface area contributed by atoms with Crippen LogP contribution >= 0.6 is 0 Å². The lowest BCUT2D eigenvalue weighted by Crippen LogP contribution is -2.49. The van der Waals surface area contributed by atoms with Gasteiger partial charge in [0.05, 0.1) is 11.0 Å². The molecule has 0 radical (unpaired) electrons. The molecule has 0 bridgehead atoms. The van der Waals surface area contributed by atoms with Crippen LogP contribution in [0.15, 0.2) is 18.2 Å². The van der Waals surface area contributed by atoms with Crippen LogP contribution < -0.4 is 10.1 Å². The first kappa shape index (κ1) is 15.9. The molecule has 0 spiro atoms. The van der Waals surface area contributed by atoms with Crippen molar-refractivity contribution in [1.82, 2.24) is 5.32 Å². The molecule has 0 aliphatic heterocycles. The molecule has 1 N–H and O–H groups in total. The fourth-order valence-electron chi connectivity index (χ4n) is 1.85. The van der Waals surface area contributed by atoms with Gasteiger partial charge in [-0.05, 0) is 39.3 Å². The van der Waals surface area contributed by atoms with E-state index >= 15 is 0 Å². The molecule has 6 heteroatoms. The number of nitro groups is 1. The van der Waals surface area contributed by atoms with Crippen LogP contribution in [0.2, 0.25) is 0 Å². The minimum atomic E-state index is -0.897. The quantitative estimate of drug-likeness (QED) is 0.637. The zero-order valence-electron chi connectivity index (χ0n) is 12.1. The summed E-state index contributed by atoms with van der Waals surface area (Å²) < 4.78 is 5.51. The molecule has 0 saturated carbocycles. The fourth-order valence-corrected chi connectivity index (χ4v) is 1.85. The van der Waals surface area contributed by atoms with E-state index in [-0.39, 0.29) is 24.1 Å². The summed E-state index contributed by atoms with van der Waals surface area (Å²) in [7, 11) is 0. The van der Waals surface area contributed by atoms with Crippen LogP contribution in [0.1, 0.15) is 26.3 Å². The van der Waals surface area contributed by atoms with Gasteiger partial charge in [0.2, 0.25) is 0 Å². The van der Waals surface area contributed by atoms with E-state index in [1.54, 1.807) is 19.1 Å². The van der Waals surface area contributed by atoms with Crippen molar-refractivity contribution < 1.29 is 9.66 Å². The molecule has 1 atom stereocenters. The van der Waals surface area contributed by atoms with Crippen molar-refractivity contribution in [3.63, 3.8) is 0 Å². The summed E-state index contributed by atoms with van der Waals surface area (Å²) in [6.45, 7) is 7.41. The molecule has 20 heavy (non-hydrogen) atoms. The molecule has 0 fully saturated rings. The number of rotatable bonds is 6. The summed E-state index contributed by atoms with van der Waals surface area (Å²) in [5.74, 6) is 0.182. The molecule has 1 rings (SSSR count). The smallest absolute Gasteiger partial charge is 0.310 e. The van der Waals surface area contributed by atoms with Crippen LogP contribution in [0.5, 0.6) is 5.75 Å². The van der Waals surface area contributed by atoms with Crippen LogP contribution in [0, 0.1) is 28.4 Å². The lowest BCUT2D eigenvalue weighted by molar-refractivity contribution is -0.385. The van der Waals surface area contributed by atoms with Crippen LogP contribution in [0.4, 0.5) is 5.69 Å². The average Bonchev–Trinajstić information content (AvgIpc) is 2.35. The Labute approximate surface area is 118 Å². The Balaban J connectivity index is 2.91. The van der Waals surface area contributed by atoms with Gasteiger partial charge in [0.1, 0.15) is 12.1 Å². The van der Waals surface area contributed by atoms with Gasteiger partial charge in [-0.2, -0.15) is 5.26 Å². The normalized spacial score (nSPS) is 13.6. The highest BCUT2D eigenvalue weighted by Gasteiger charge is 2.27. The van der Waals surface area contributed by atoms with Crippen molar-refractivity contribution in [2.75, 3.05) is 6.61 Å². The van der Waals surface area contributed by atoms with Crippen molar-refractivity contribution >= 4 is 5.69 Å². The lowest BCUT2D eigenvalue weighted by Gasteiger charge is -2.25. The number of hydrogen-bond donors (Lipinski definition) is 1. The number of ether oxygens (including phenoxy) is 1. The van der Waals surface area contributed by atoms with Crippen molar-refractivity contribution in [3.05, 3.63) is 33.9 Å². The lowest BCUT2D eigenvalue weighted by atomic mass is 10.1. The van der Waals surface area contributed by atoms with Crippen molar-refractivity contribution in [1.29, 1.82) is 5.26 Å². The molecule has 0 aromatic heterocycles. The molecule has 1 unspecified atom stereocenters. The first-order valence-electron chi connectivity index (χ1n) is 6.34. The Kier molecular flexibility index (Phi) is 5.06. The zero-order chi connectivity index (χ0) is 15.3. The number of nitrogens with zero attached hydrogens (tertiary/aromatic N) is 2. The Hall–Kier alpha value is -2.13. The van der Waals surface area contributed by atoms with E-state index in [1.807, 2.05) is 20.8 Å². The molecule has 6 nitrogen and oxygen atoms in total. The third-order valence-corrected chi connectivity index (χ3v) is 2.68. The second kappa shape index (κ2) is 6.35. The Morgan fingerprint density at radius 3 is 2.70 bits per heavy atom. The highest BCUT2D eigenvalue weighted by molar-refractivity contribution is 5.48. The maximum Gasteiger partial charge on any atom is 0.310 e. The monoisotopic (exact) mass is 277 g/mol. The molecule has 0 aliphatic rings. The van der Waals surface area contributed by atoms with Gasteiger partial charge in [-0.25, -0.2) is 0 Å². The Morgan fingerprint density at radius 1 is 1.55 bits per heavy atom. The molecule has 0 aliphatic carbocycles. The summed E-state index contributed by atoms with van der Waals surface area (Å²) in [6.07, 6.45) is 0. The molecule has 1 aromatic carbocycles. The third-order valence-electron chi connectivity index (χ3n) is 2.68. The average molecular weight is 277 g/mol. The summed E-state index contributed by atoms with van der Waals surface area (Å²) in [4.78, 5) is 10.5.